The Balaban J connectivity index is 1.31. The van der Waals surface area contributed by atoms with Gasteiger partial charge in [0.15, 0.2) is 0 Å². The maximum absolute atomic E-state index is 9.47. The molecule has 0 fully saturated rings. The largest absolute Gasteiger partial charge is 0.456 e. The van der Waals surface area contributed by atoms with Crippen LogP contribution in [-0.2, 0) is 0 Å². The molecule has 228 valence electrons. The lowest BCUT2D eigenvalue weighted by Crippen LogP contribution is -1.91. The quantitative estimate of drug-likeness (QED) is 0.175. The molecule has 0 bridgehead atoms. The van der Waals surface area contributed by atoms with Crippen LogP contribution in [-0.4, -0.2) is 0 Å². The molecule has 0 atom stereocenters. The first-order valence-electron chi connectivity index (χ1n) is 23.1. The van der Waals surface area contributed by atoms with Crippen LogP contribution in [0.1, 0.15) is 20.6 Å². The van der Waals surface area contributed by atoms with Crippen molar-refractivity contribution in [3.63, 3.8) is 0 Å². The molecule has 1 nitrogen and oxygen atoms in total. The summed E-state index contributed by atoms with van der Waals surface area (Å²) in [5.74, 6) is 0. The predicted octanol–water partition coefficient (Wildman–Crippen LogP) is 13.7. The molecule has 0 saturated heterocycles. The molecule has 0 amide bonds. The van der Waals surface area contributed by atoms with Gasteiger partial charge in [0.05, 0.1) is 20.6 Å². The minimum Gasteiger partial charge on any atom is -0.456 e. The average molecular weight is 638 g/mol. The summed E-state index contributed by atoms with van der Waals surface area (Å²) in [6, 6.07) is 19.3. The van der Waals surface area contributed by atoms with Gasteiger partial charge in [-0.05, 0) is 101 Å². The summed E-state index contributed by atoms with van der Waals surface area (Å²) in [6.45, 7) is 0. The number of furan rings is 1. The lowest BCUT2D eigenvalue weighted by Gasteiger charge is -2.18. The third kappa shape index (κ3) is 4.47. The highest BCUT2D eigenvalue weighted by molar-refractivity contribution is 6.25. The average Bonchev–Trinajstić information content (AvgIpc) is 3.70. The van der Waals surface area contributed by atoms with Gasteiger partial charge >= 0.3 is 0 Å². The van der Waals surface area contributed by atoms with Gasteiger partial charge < -0.3 is 4.42 Å². The summed E-state index contributed by atoms with van der Waals surface area (Å²) in [4.78, 5) is 0. The van der Waals surface area contributed by atoms with E-state index in [9.17, 15) is 9.60 Å². The van der Waals surface area contributed by atoms with Gasteiger partial charge in [-0.2, -0.15) is 0 Å². The first kappa shape index (κ1) is 16.6. The first-order valence-corrected chi connectivity index (χ1v) is 15.6. The Bertz CT molecular complexity index is 3630. The van der Waals surface area contributed by atoms with Crippen molar-refractivity contribution in [3.8, 4) is 44.5 Å². The fourth-order valence-electron chi connectivity index (χ4n) is 6.73. The molecular weight excluding hydrogens is 593 g/mol. The van der Waals surface area contributed by atoms with Crippen LogP contribution in [0.15, 0.2) is 186 Å². The van der Waals surface area contributed by atoms with E-state index >= 15 is 0 Å². The van der Waals surface area contributed by atoms with Crippen molar-refractivity contribution in [2.75, 3.05) is 0 Å². The van der Waals surface area contributed by atoms with Crippen LogP contribution < -0.4 is 0 Å². The Morgan fingerprint density at radius 3 is 1.73 bits per heavy atom. The van der Waals surface area contributed by atoms with Crippen molar-refractivity contribution in [1.82, 2.24) is 0 Å². The molecule has 1 heterocycles. The van der Waals surface area contributed by atoms with E-state index in [1.807, 2.05) is 36.4 Å². The van der Waals surface area contributed by atoms with Crippen LogP contribution in [0.25, 0.3) is 98.8 Å². The summed E-state index contributed by atoms with van der Waals surface area (Å²) in [5, 5.41) is 3.50. The summed E-state index contributed by atoms with van der Waals surface area (Å²) in [5.41, 5.74) is -0.0860. The lowest BCUT2D eigenvalue weighted by atomic mass is 9.84. The Morgan fingerprint density at radius 1 is 0.388 bits per heavy atom. The molecule has 0 aliphatic carbocycles. The van der Waals surface area contributed by atoms with E-state index in [1.54, 1.807) is 54.6 Å². The fourth-order valence-corrected chi connectivity index (χ4v) is 6.73. The third-order valence-electron chi connectivity index (χ3n) is 8.92. The molecule has 0 radical (unpaired) electrons. The minimum atomic E-state index is -0.699. The number of hydrogen-bond donors (Lipinski definition) is 0. The molecule has 0 aliphatic rings. The lowest BCUT2D eigenvalue weighted by molar-refractivity contribution is 0.669. The van der Waals surface area contributed by atoms with Crippen LogP contribution in [0.4, 0.5) is 0 Å². The molecule has 0 N–H and O–H groups in total. The van der Waals surface area contributed by atoms with Crippen molar-refractivity contribution in [2.45, 2.75) is 0 Å². The monoisotopic (exact) mass is 637 g/mol. The van der Waals surface area contributed by atoms with E-state index in [0.717, 1.165) is 10.8 Å². The van der Waals surface area contributed by atoms with Gasteiger partial charge in [-0.1, -0.05) is 157 Å². The van der Waals surface area contributed by atoms with E-state index in [2.05, 4.69) is 0 Å². The fraction of sp³-hybridized carbons (Fsp3) is 0. The van der Waals surface area contributed by atoms with Gasteiger partial charge in [0.1, 0.15) is 11.2 Å². The number of fused-ring (bicyclic) bond motifs is 6. The highest BCUT2D eigenvalue weighted by atomic mass is 16.3. The van der Waals surface area contributed by atoms with E-state index < -0.39 is 77.6 Å². The molecule has 0 unspecified atom stereocenters. The van der Waals surface area contributed by atoms with Gasteiger partial charge in [0, 0.05) is 10.8 Å². The molecule has 0 saturated carbocycles. The summed E-state index contributed by atoms with van der Waals surface area (Å²) in [7, 11) is 0. The van der Waals surface area contributed by atoms with Gasteiger partial charge in [-0.25, -0.2) is 0 Å². The number of rotatable bonds is 4. The zero-order valence-electron chi connectivity index (χ0n) is 40.6. The second-order valence-corrected chi connectivity index (χ2v) is 11.7. The van der Waals surface area contributed by atoms with Crippen molar-refractivity contribution in [3.05, 3.63) is 182 Å². The van der Waals surface area contributed by atoms with Crippen molar-refractivity contribution in [1.29, 1.82) is 0 Å². The van der Waals surface area contributed by atoms with Gasteiger partial charge in [0.25, 0.3) is 0 Å². The van der Waals surface area contributed by atoms with Crippen molar-refractivity contribution < 1.29 is 25.0 Å². The highest BCUT2D eigenvalue weighted by Gasteiger charge is 2.20. The van der Waals surface area contributed by atoms with Crippen LogP contribution in [0.2, 0.25) is 0 Å². The molecular formula is C48H30O. The van der Waals surface area contributed by atoms with Gasteiger partial charge in [0.2, 0.25) is 0 Å². The Kier molecular flexibility index (Phi) is 3.75. The molecule has 10 aromatic rings. The second kappa shape index (κ2) is 11.1. The smallest absolute Gasteiger partial charge is 0.136 e. The van der Waals surface area contributed by atoms with Gasteiger partial charge in [-0.3, -0.25) is 0 Å². The molecule has 1 aromatic heterocycles. The summed E-state index contributed by atoms with van der Waals surface area (Å²) >= 11 is 0. The zero-order chi connectivity index (χ0) is 45.4. The van der Waals surface area contributed by atoms with Crippen molar-refractivity contribution >= 4 is 54.3 Å². The van der Waals surface area contributed by atoms with E-state index in [1.165, 1.54) is 0 Å². The van der Waals surface area contributed by atoms with Crippen LogP contribution in [0.3, 0.4) is 0 Å². The normalized spacial score (nSPS) is 16.0. The second-order valence-electron chi connectivity index (χ2n) is 11.7. The topological polar surface area (TPSA) is 13.1 Å². The van der Waals surface area contributed by atoms with E-state index in [0.29, 0.717) is 38.2 Å². The number of hydrogen-bond acceptors (Lipinski definition) is 1. The third-order valence-corrected chi connectivity index (χ3v) is 8.92. The zero-order valence-corrected chi connectivity index (χ0v) is 25.6. The Hall–Kier alpha value is -6.44. The maximum Gasteiger partial charge on any atom is 0.136 e. The molecule has 9 aromatic carbocycles. The van der Waals surface area contributed by atoms with Crippen molar-refractivity contribution in [2.24, 2.45) is 0 Å². The molecule has 0 aliphatic heterocycles. The Labute approximate surface area is 305 Å². The minimum absolute atomic E-state index is 0.0207. The molecule has 0 spiro atoms. The van der Waals surface area contributed by atoms with Crippen LogP contribution >= 0.6 is 0 Å². The first-order chi connectivity index (χ1) is 30.6. The van der Waals surface area contributed by atoms with Crippen LogP contribution in [0, 0.1) is 0 Å². The maximum atomic E-state index is 9.47. The molecule has 49 heavy (non-hydrogen) atoms. The number of benzene rings is 9. The van der Waals surface area contributed by atoms with Crippen LogP contribution in [0.5, 0.6) is 0 Å². The van der Waals surface area contributed by atoms with E-state index in [4.69, 9.17) is 15.4 Å². The summed E-state index contributed by atoms with van der Waals surface area (Å²) in [6.07, 6.45) is 0. The van der Waals surface area contributed by atoms with E-state index in [-0.39, 0.29) is 62.8 Å². The Morgan fingerprint density at radius 2 is 1.00 bits per heavy atom. The summed E-state index contributed by atoms with van der Waals surface area (Å²) < 4.78 is 141. The standard InChI is InChI=1S/C48H30O/c1-2-11-31(12-3-1)37-27-28-42-45(30-37)49-44-20-10-19-43(48(42)44)47-40-17-8-6-15-38(40)46(39-16-7-9-18-41(39)47)34-24-21-33(22-25-34)36-26-23-32-13-4-5-14-35(32)29-36/h1-30H/i1D,2D,3D,10D,11D,12D,19D,20D,21D,22D,24D,25D,27D,28D,30D. The van der Waals surface area contributed by atoms with Gasteiger partial charge in [-0.15, -0.1) is 0 Å². The highest BCUT2D eigenvalue weighted by Crippen LogP contribution is 2.47. The SMILES string of the molecule is [2H]c1c([2H])c([2H])c(-c2c([2H])c([2H])c3c(oc4c([2H])c([2H])c([2H])c(-c5c6ccccc6c(-c6c([2H])c([2H])c(-c7ccc8ccccc8c7)c([2H])c6[2H])c6ccccc56)c43)c2[2H])c([2H])c1[2H]. The predicted molar refractivity (Wildman–Crippen MR) is 208 cm³/mol. The molecule has 10 rings (SSSR count). The molecule has 1 heteroatoms.